The zero-order valence-electron chi connectivity index (χ0n) is 11.5. The van der Waals surface area contributed by atoms with Gasteiger partial charge in [0.2, 0.25) is 0 Å². The quantitative estimate of drug-likeness (QED) is 0.365. The molecule has 0 atom stereocenters. The van der Waals surface area contributed by atoms with E-state index in [2.05, 4.69) is 60.7 Å². The maximum absolute atomic E-state index is 2.40. The van der Waals surface area contributed by atoms with Crippen LogP contribution in [-0.4, -0.2) is 0 Å². The van der Waals surface area contributed by atoms with Crippen molar-refractivity contribution in [3.8, 4) is 0 Å². The summed E-state index contributed by atoms with van der Waals surface area (Å²) in [6.45, 7) is 0. The molecule has 0 amide bonds. The molecule has 0 nitrogen and oxygen atoms in total. The Bertz CT molecular complexity index is 1140. The van der Waals surface area contributed by atoms with Gasteiger partial charge in [-0.2, -0.15) is 0 Å². The molecule has 0 spiro atoms. The SMILES string of the molecule is C1=CC2=Cc3cc4cccc5ccc6cc(c2c3c6c54)C1. The Labute approximate surface area is 122 Å². The molecule has 6 rings (SSSR count). The highest BCUT2D eigenvalue weighted by molar-refractivity contribution is 6.29. The molecule has 0 fully saturated rings. The van der Waals surface area contributed by atoms with E-state index in [1.807, 2.05) is 0 Å². The van der Waals surface area contributed by atoms with Gasteiger partial charge in [-0.25, -0.2) is 0 Å². The first-order chi connectivity index (χ1) is 10.4. The fourth-order valence-corrected chi connectivity index (χ4v) is 4.30. The van der Waals surface area contributed by atoms with Gasteiger partial charge in [0.15, 0.2) is 0 Å². The van der Waals surface area contributed by atoms with Gasteiger partial charge in [-0.1, -0.05) is 48.6 Å². The largest absolute Gasteiger partial charge is 0.0795 e. The molecule has 0 radical (unpaired) electrons. The molecule has 0 heterocycles. The number of allylic oxidation sites excluding steroid dienone is 3. The second-order valence-electron chi connectivity index (χ2n) is 6.20. The van der Waals surface area contributed by atoms with E-state index in [-0.39, 0.29) is 0 Å². The average Bonchev–Trinajstić information content (AvgIpc) is 2.89. The van der Waals surface area contributed by atoms with Crippen molar-refractivity contribution >= 4 is 44.0 Å². The van der Waals surface area contributed by atoms with E-state index in [0.717, 1.165) is 6.42 Å². The molecule has 0 unspecified atom stereocenters. The molecule has 0 heteroatoms. The maximum atomic E-state index is 2.40. The van der Waals surface area contributed by atoms with Crippen LogP contribution in [0.3, 0.4) is 0 Å². The van der Waals surface area contributed by atoms with Crippen molar-refractivity contribution in [3.05, 3.63) is 71.3 Å². The summed E-state index contributed by atoms with van der Waals surface area (Å²) in [5.41, 5.74) is 5.75. The van der Waals surface area contributed by atoms with Gasteiger partial charge in [-0.3, -0.25) is 0 Å². The van der Waals surface area contributed by atoms with Crippen LogP contribution in [0.5, 0.6) is 0 Å². The summed E-state index contributed by atoms with van der Waals surface area (Å²) in [4.78, 5) is 0. The number of rotatable bonds is 0. The second kappa shape index (κ2) is 3.17. The third kappa shape index (κ3) is 1.06. The molecule has 0 aliphatic heterocycles. The van der Waals surface area contributed by atoms with Crippen LogP contribution in [0.4, 0.5) is 0 Å². The van der Waals surface area contributed by atoms with Crippen molar-refractivity contribution in [3.63, 3.8) is 0 Å². The molecule has 0 saturated heterocycles. The highest BCUT2D eigenvalue weighted by Crippen LogP contribution is 2.47. The van der Waals surface area contributed by atoms with Crippen LogP contribution in [0.1, 0.15) is 16.7 Å². The van der Waals surface area contributed by atoms with Crippen LogP contribution in [0, 0.1) is 0 Å². The first kappa shape index (κ1) is 10.2. The van der Waals surface area contributed by atoms with Crippen molar-refractivity contribution in [1.29, 1.82) is 0 Å². The van der Waals surface area contributed by atoms with Crippen LogP contribution < -0.4 is 0 Å². The summed E-state index contributed by atoms with van der Waals surface area (Å²) in [5, 5.41) is 8.47. The second-order valence-corrected chi connectivity index (χ2v) is 6.20. The molecule has 4 aromatic rings. The van der Waals surface area contributed by atoms with Gasteiger partial charge in [0, 0.05) is 0 Å². The molecular formula is C21H12. The lowest BCUT2D eigenvalue weighted by Gasteiger charge is -2.17. The lowest BCUT2D eigenvalue weighted by atomic mass is 9.86. The minimum absolute atomic E-state index is 1.06. The summed E-state index contributed by atoms with van der Waals surface area (Å²) in [6.07, 6.45) is 7.99. The van der Waals surface area contributed by atoms with E-state index >= 15 is 0 Å². The smallest absolute Gasteiger partial charge is 0.00143 e. The van der Waals surface area contributed by atoms with E-state index < -0.39 is 0 Å². The molecule has 96 valence electrons. The van der Waals surface area contributed by atoms with Gasteiger partial charge < -0.3 is 0 Å². The standard InChI is InChI=1S/C21H12/c1-3-12-7-8-16-9-13-5-2-6-15-11-17-10-14(4-1)18(12)20(16)21(17)19(13)15/h1-4,6-11H,5H2. The lowest BCUT2D eigenvalue weighted by molar-refractivity contribution is 1.25. The van der Waals surface area contributed by atoms with Crippen molar-refractivity contribution < 1.29 is 0 Å². The monoisotopic (exact) mass is 264 g/mol. The lowest BCUT2D eigenvalue weighted by Crippen LogP contribution is -1.96. The van der Waals surface area contributed by atoms with Crippen LogP contribution >= 0.6 is 0 Å². The van der Waals surface area contributed by atoms with Crippen molar-refractivity contribution in [2.45, 2.75) is 6.42 Å². The molecule has 4 aromatic carbocycles. The number of hydrogen-bond acceptors (Lipinski definition) is 0. The van der Waals surface area contributed by atoms with Crippen molar-refractivity contribution in [2.75, 3.05) is 0 Å². The summed E-state index contributed by atoms with van der Waals surface area (Å²) < 4.78 is 0. The summed E-state index contributed by atoms with van der Waals surface area (Å²) in [6, 6.07) is 16.0. The van der Waals surface area contributed by atoms with Crippen LogP contribution in [-0.2, 0) is 6.42 Å². The van der Waals surface area contributed by atoms with Gasteiger partial charge in [0.25, 0.3) is 0 Å². The zero-order chi connectivity index (χ0) is 13.6. The highest BCUT2D eigenvalue weighted by atomic mass is 14.3. The Balaban J connectivity index is 2.04. The third-order valence-electron chi connectivity index (χ3n) is 5.10. The Morgan fingerprint density at radius 2 is 1.62 bits per heavy atom. The molecule has 21 heavy (non-hydrogen) atoms. The molecule has 2 aliphatic carbocycles. The Morgan fingerprint density at radius 1 is 0.762 bits per heavy atom. The van der Waals surface area contributed by atoms with Gasteiger partial charge >= 0.3 is 0 Å². The highest BCUT2D eigenvalue weighted by Gasteiger charge is 2.23. The van der Waals surface area contributed by atoms with Gasteiger partial charge in [-0.05, 0) is 73.1 Å². The summed E-state index contributed by atoms with van der Waals surface area (Å²) >= 11 is 0. The van der Waals surface area contributed by atoms with E-state index in [0.29, 0.717) is 0 Å². The number of hydrogen-bond donors (Lipinski definition) is 0. The molecule has 2 aliphatic rings. The minimum atomic E-state index is 1.06. The van der Waals surface area contributed by atoms with Crippen LogP contribution in [0.2, 0.25) is 0 Å². The topological polar surface area (TPSA) is 0 Å². The Morgan fingerprint density at radius 3 is 2.62 bits per heavy atom. The first-order valence-corrected chi connectivity index (χ1v) is 7.52. The van der Waals surface area contributed by atoms with Crippen molar-refractivity contribution in [2.24, 2.45) is 0 Å². The molecule has 0 N–H and O–H groups in total. The summed E-state index contributed by atoms with van der Waals surface area (Å²) in [5.74, 6) is 0. The predicted octanol–water partition coefficient (Wildman–Crippen LogP) is 5.55. The maximum Gasteiger partial charge on any atom is -0.00143 e. The fourth-order valence-electron chi connectivity index (χ4n) is 4.30. The Hall–Kier alpha value is -2.60. The van der Waals surface area contributed by atoms with Crippen molar-refractivity contribution in [1.82, 2.24) is 0 Å². The first-order valence-electron chi connectivity index (χ1n) is 7.52. The predicted molar refractivity (Wildman–Crippen MR) is 90.9 cm³/mol. The molecule has 0 saturated carbocycles. The normalized spacial score (nSPS) is 15.5. The van der Waals surface area contributed by atoms with E-state index in [9.17, 15) is 0 Å². The van der Waals surface area contributed by atoms with E-state index in [1.165, 1.54) is 54.6 Å². The molecule has 0 bridgehead atoms. The van der Waals surface area contributed by atoms with Crippen LogP contribution in [0.15, 0.2) is 54.6 Å². The zero-order valence-corrected chi connectivity index (χ0v) is 11.5. The third-order valence-corrected chi connectivity index (χ3v) is 5.10. The fraction of sp³-hybridized carbons (Fsp3) is 0.0476. The molecular weight excluding hydrogens is 252 g/mol. The van der Waals surface area contributed by atoms with Crippen LogP contribution in [0.25, 0.3) is 44.0 Å². The Kier molecular flexibility index (Phi) is 1.54. The van der Waals surface area contributed by atoms with E-state index in [1.54, 1.807) is 0 Å². The average molecular weight is 264 g/mol. The van der Waals surface area contributed by atoms with Gasteiger partial charge in [-0.15, -0.1) is 0 Å². The minimum Gasteiger partial charge on any atom is -0.0795 e. The van der Waals surface area contributed by atoms with E-state index in [4.69, 9.17) is 0 Å². The summed E-state index contributed by atoms with van der Waals surface area (Å²) in [7, 11) is 0. The number of benzene rings is 4. The van der Waals surface area contributed by atoms with Gasteiger partial charge in [0.1, 0.15) is 0 Å². The van der Waals surface area contributed by atoms with Gasteiger partial charge in [0.05, 0.1) is 0 Å². The molecule has 0 aromatic heterocycles.